The average Bonchev–Trinajstić information content (AvgIpc) is 2.55. The topological polar surface area (TPSA) is 79.6 Å². The third-order valence-electron chi connectivity index (χ3n) is 3.72. The lowest BCUT2D eigenvalue weighted by Gasteiger charge is -2.25. The van der Waals surface area contributed by atoms with Gasteiger partial charge in [-0.25, -0.2) is 0 Å². The second-order valence-electron chi connectivity index (χ2n) is 5.90. The van der Waals surface area contributed by atoms with Gasteiger partial charge in [0.25, 0.3) is 11.5 Å². The van der Waals surface area contributed by atoms with Crippen LogP contribution in [0.1, 0.15) is 29.8 Å². The molecule has 0 spiro atoms. The van der Waals surface area contributed by atoms with Crippen molar-refractivity contribution in [1.82, 2.24) is 9.47 Å². The van der Waals surface area contributed by atoms with Gasteiger partial charge in [-0.05, 0) is 31.5 Å². The second kappa shape index (κ2) is 7.98. The number of aliphatic carboxylic acids is 1. The number of aromatic nitrogens is 1. The summed E-state index contributed by atoms with van der Waals surface area (Å²) >= 11 is 6.12. The number of benzene rings is 1. The number of carbonyl (C=O) groups is 2. The molecule has 0 aliphatic carbocycles. The van der Waals surface area contributed by atoms with Crippen molar-refractivity contribution >= 4 is 23.5 Å². The van der Waals surface area contributed by atoms with Gasteiger partial charge in [-0.3, -0.25) is 14.4 Å². The van der Waals surface area contributed by atoms with E-state index < -0.39 is 18.4 Å². The fraction of sp³-hybridized carbons (Fsp3) is 0.278. The molecular formula is C18H19ClN2O4. The molecule has 25 heavy (non-hydrogen) atoms. The molecule has 7 heteroatoms. The van der Waals surface area contributed by atoms with Crippen molar-refractivity contribution in [3.8, 4) is 0 Å². The molecule has 1 aromatic heterocycles. The van der Waals surface area contributed by atoms with Gasteiger partial charge in [0.15, 0.2) is 0 Å². The molecule has 1 amide bonds. The first-order chi connectivity index (χ1) is 11.8. The van der Waals surface area contributed by atoms with E-state index >= 15 is 0 Å². The number of pyridine rings is 1. The van der Waals surface area contributed by atoms with Crippen molar-refractivity contribution in [2.24, 2.45) is 0 Å². The molecule has 2 rings (SSSR count). The molecule has 0 aliphatic rings. The van der Waals surface area contributed by atoms with E-state index in [1.807, 2.05) is 6.07 Å². The first-order valence-electron chi connectivity index (χ1n) is 7.76. The second-order valence-corrected chi connectivity index (χ2v) is 6.30. The van der Waals surface area contributed by atoms with Gasteiger partial charge in [-0.1, -0.05) is 29.8 Å². The number of carboxylic acids is 1. The van der Waals surface area contributed by atoms with Crippen LogP contribution in [0.4, 0.5) is 0 Å². The first-order valence-corrected chi connectivity index (χ1v) is 8.14. The SMILES string of the molecule is CC(C)N(CC(=O)O)C(=O)c1ccc(=O)n(Cc2ccccc2Cl)c1. The molecule has 132 valence electrons. The number of hydrogen-bond donors (Lipinski definition) is 1. The lowest BCUT2D eigenvalue weighted by molar-refractivity contribution is -0.138. The molecule has 0 aliphatic heterocycles. The van der Waals surface area contributed by atoms with Crippen LogP contribution in [0.15, 0.2) is 47.4 Å². The zero-order valence-corrected chi connectivity index (χ0v) is 14.7. The van der Waals surface area contributed by atoms with Crippen LogP contribution in [0.5, 0.6) is 0 Å². The Hall–Kier alpha value is -2.60. The zero-order valence-electron chi connectivity index (χ0n) is 14.0. The summed E-state index contributed by atoms with van der Waals surface area (Å²) in [6.07, 6.45) is 1.44. The van der Waals surface area contributed by atoms with Crippen molar-refractivity contribution < 1.29 is 14.7 Å². The van der Waals surface area contributed by atoms with E-state index in [2.05, 4.69) is 0 Å². The summed E-state index contributed by atoms with van der Waals surface area (Å²) in [6, 6.07) is 9.55. The molecule has 0 unspecified atom stereocenters. The molecule has 0 radical (unpaired) electrons. The third-order valence-corrected chi connectivity index (χ3v) is 4.09. The minimum atomic E-state index is -1.09. The average molecular weight is 363 g/mol. The van der Waals surface area contributed by atoms with Crippen molar-refractivity contribution in [3.05, 3.63) is 69.1 Å². The van der Waals surface area contributed by atoms with Gasteiger partial charge in [0.1, 0.15) is 6.54 Å². The summed E-state index contributed by atoms with van der Waals surface area (Å²) in [7, 11) is 0. The lowest BCUT2D eigenvalue weighted by atomic mass is 10.2. The molecule has 2 aromatic rings. The molecule has 0 bridgehead atoms. The van der Waals surface area contributed by atoms with E-state index in [1.165, 1.54) is 27.8 Å². The quantitative estimate of drug-likeness (QED) is 0.856. The van der Waals surface area contributed by atoms with E-state index in [4.69, 9.17) is 16.7 Å². The number of halogens is 1. The first kappa shape index (κ1) is 18.7. The summed E-state index contributed by atoms with van der Waals surface area (Å²) in [5, 5.41) is 9.52. The number of rotatable bonds is 6. The maximum absolute atomic E-state index is 12.6. The lowest BCUT2D eigenvalue weighted by Crippen LogP contribution is -2.41. The Morgan fingerprint density at radius 3 is 2.48 bits per heavy atom. The van der Waals surface area contributed by atoms with E-state index in [0.29, 0.717) is 5.02 Å². The van der Waals surface area contributed by atoms with E-state index in [9.17, 15) is 14.4 Å². The molecule has 0 fully saturated rings. The van der Waals surface area contributed by atoms with Crippen LogP contribution in [0.2, 0.25) is 5.02 Å². The fourth-order valence-electron chi connectivity index (χ4n) is 2.39. The predicted octanol–water partition coefficient (Wildman–Crippen LogP) is 2.49. The Bertz CT molecular complexity index is 845. The summed E-state index contributed by atoms with van der Waals surface area (Å²) in [4.78, 5) is 36.9. The van der Waals surface area contributed by atoms with Crippen molar-refractivity contribution in [1.29, 1.82) is 0 Å². The Kier molecular flexibility index (Phi) is 5.98. The summed E-state index contributed by atoms with van der Waals surface area (Å²) < 4.78 is 1.38. The maximum atomic E-state index is 12.6. The van der Waals surface area contributed by atoms with Gasteiger partial charge in [-0.2, -0.15) is 0 Å². The van der Waals surface area contributed by atoms with Crippen molar-refractivity contribution in [2.45, 2.75) is 26.4 Å². The van der Waals surface area contributed by atoms with Crippen LogP contribution in [0, 0.1) is 0 Å². The normalized spacial score (nSPS) is 10.7. The van der Waals surface area contributed by atoms with Crippen molar-refractivity contribution in [2.75, 3.05) is 6.54 Å². The van der Waals surface area contributed by atoms with Gasteiger partial charge in [0.05, 0.1) is 12.1 Å². The summed E-state index contributed by atoms with van der Waals surface area (Å²) in [5.74, 6) is -1.53. The van der Waals surface area contributed by atoms with Gasteiger partial charge in [0, 0.05) is 23.3 Å². The van der Waals surface area contributed by atoms with Gasteiger partial charge in [0.2, 0.25) is 0 Å². The number of nitrogens with zero attached hydrogens (tertiary/aromatic N) is 2. The van der Waals surface area contributed by atoms with Gasteiger partial charge in [-0.15, -0.1) is 0 Å². The summed E-state index contributed by atoms with van der Waals surface area (Å²) in [5.41, 5.74) is 0.731. The molecule has 1 aromatic carbocycles. The zero-order chi connectivity index (χ0) is 18.6. The third kappa shape index (κ3) is 4.70. The van der Waals surface area contributed by atoms with Crippen molar-refractivity contribution in [3.63, 3.8) is 0 Å². The summed E-state index contributed by atoms with van der Waals surface area (Å²) in [6.45, 7) is 3.29. The Morgan fingerprint density at radius 1 is 1.20 bits per heavy atom. The number of carbonyl (C=O) groups excluding carboxylic acids is 1. The van der Waals surface area contributed by atoms with Crippen LogP contribution in [-0.4, -0.2) is 39.0 Å². The van der Waals surface area contributed by atoms with E-state index in [0.717, 1.165) is 5.56 Å². The molecule has 1 N–H and O–H groups in total. The highest BCUT2D eigenvalue weighted by molar-refractivity contribution is 6.31. The van der Waals surface area contributed by atoms with Gasteiger partial charge < -0.3 is 14.6 Å². The minimum Gasteiger partial charge on any atom is -0.480 e. The van der Waals surface area contributed by atoms with E-state index in [-0.39, 0.29) is 23.7 Å². The van der Waals surface area contributed by atoms with Crippen LogP contribution in [0.25, 0.3) is 0 Å². The number of carboxylic acid groups (broad SMARTS) is 1. The molecular weight excluding hydrogens is 344 g/mol. The highest BCUT2D eigenvalue weighted by Gasteiger charge is 2.22. The number of amides is 1. The van der Waals surface area contributed by atoms with Crippen LogP contribution < -0.4 is 5.56 Å². The molecule has 1 heterocycles. The van der Waals surface area contributed by atoms with Crippen LogP contribution in [0.3, 0.4) is 0 Å². The van der Waals surface area contributed by atoms with E-state index in [1.54, 1.807) is 32.0 Å². The van der Waals surface area contributed by atoms with Crippen LogP contribution >= 0.6 is 11.6 Å². The number of hydrogen-bond acceptors (Lipinski definition) is 3. The standard InChI is InChI=1S/C18H19ClN2O4/c1-12(2)21(11-17(23)24)18(25)14-7-8-16(22)20(10-14)9-13-5-3-4-6-15(13)19/h3-8,10,12H,9,11H2,1-2H3,(H,23,24). The fourth-order valence-corrected chi connectivity index (χ4v) is 2.59. The van der Waals surface area contributed by atoms with Gasteiger partial charge >= 0.3 is 5.97 Å². The maximum Gasteiger partial charge on any atom is 0.323 e. The highest BCUT2D eigenvalue weighted by atomic mass is 35.5. The molecule has 6 nitrogen and oxygen atoms in total. The smallest absolute Gasteiger partial charge is 0.323 e. The monoisotopic (exact) mass is 362 g/mol. The Balaban J connectivity index is 2.34. The minimum absolute atomic E-state index is 0.222. The molecule has 0 saturated carbocycles. The predicted molar refractivity (Wildman–Crippen MR) is 95.1 cm³/mol. The Morgan fingerprint density at radius 2 is 1.88 bits per heavy atom. The molecule has 0 atom stereocenters. The van der Waals surface area contributed by atoms with Crippen LogP contribution in [-0.2, 0) is 11.3 Å². The molecule has 0 saturated heterocycles. The Labute approximate surface area is 150 Å². The largest absolute Gasteiger partial charge is 0.480 e. The highest BCUT2D eigenvalue weighted by Crippen LogP contribution is 2.16.